The highest BCUT2D eigenvalue weighted by Gasteiger charge is 2.27. The Morgan fingerprint density at radius 2 is 2.22 bits per heavy atom. The third-order valence-electron chi connectivity index (χ3n) is 3.87. The SMILES string of the molecule is COCC1CCN(CCNC2CCS(=O)(=O)C2)C1. The van der Waals surface area contributed by atoms with Gasteiger partial charge in [-0.1, -0.05) is 0 Å². The molecule has 106 valence electrons. The summed E-state index contributed by atoms with van der Waals surface area (Å²) in [4.78, 5) is 2.43. The van der Waals surface area contributed by atoms with Gasteiger partial charge in [0.15, 0.2) is 9.84 Å². The first kappa shape index (κ1) is 14.2. The number of nitrogens with zero attached hydrogens (tertiary/aromatic N) is 1. The van der Waals surface area contributed by atoms with Crippen molar-refractivity contribution in [2.75, 3.05) is 51.4 Å². The smallest absolute Gasteiger partial charge is 0.151 e. The number of ether oxygens (including phenoxy) is 1. The van der Waals surface area contributed by atoms with Gasteiger partial charge >= 0.3 is 0 Å². The molecule has 18 heavy (non-hydrogen) atoms. The van der Waals surface area contributed by atoms with Crippen LogP contribution in [-0.2, 0) is 14.6 Å². The average Bonchev–Trinajstić information content (AvgIpc) is 2.87. The molecule has 0 aromatic carbocycles. The van der Waals surface area contributed by atoms with E-state index in [1.54, 1.807) is 7.11 Å². The predicted molar refractivity (Wildman–Crippen MR) is 71.5 cm³/mol. The van der Waals surface area contributed by atoms with Crippen LogP contribution in [0.1, 0.15) is 12.8 Å². The van der Waals surface area contributed by atoms with E-state index in [0.717, 1.165) is 39.2 Å². The van der Waals surface area contributed by atoms with Crippen LogP contribution in [0.4, 0.5) is 0 Å². The molecule has 0 amide bonds. The van der Waals surface area contributed by atoms with E-state index in [1.807, 2.05) is 0 Å². The van der Waals surface area contributed by atoms with Gasteiger partial charge in [0.2, 0.25) is 0 Å². The fourth-order valence-electron chi connectivity index (χ4n) is 2.87. The first-order valence-corrected chi connectivity index (χ1v) is 8.56. The van der Waals surface area contributed by atoms with Gasteiger partial charge in [0.25, 0.3) is 0 Å². The highest BCUT2D eigenvalue weighted by atomic mass is 32.2. The van der Waals surface area contributed by atoms with Gasteiger partial charge in [-0.25, -0.2) is 8.42 Å². The topological polar surface area (TPSA) is 58.6 Å². The molecule has 2 unspecified atom stereocenters. The Bertz CT molecular complexity index is 358. The van der Waals surface area contributed by atoms with E-state index in [1.165, 1.54) is 6.42 Å². The Labute approximate surface area is 110 Å². The summed E-state index contributed by atoms with van der Waals surface area (Å²) in [5.41, 5.74) is 0. The molecule has 5 nitrogen and oxygen atoms in total. The first-order chi connectivity index (χ1) is 8.59. The molecule has 2 aliphatic heterocycles. The molecule has 2 aliphatic rings. The van der Waals surface area contributed by atoms with Crippen LogP contribution in [-0.4, -0.2) is 70.8 Å². The second-order valence-electron chi connectivity index (χ2n) is 5.46. The summed E-state index contributed by atoms with van der Waals surface area (Å²) in [6.07, 6.45) is 1.99. The Kier molecular flexibility index (Phi) is 5.00. The number of likely N-dealkylation sites (tertiary alicyclic amines) is 1. The van der Waals surface area contributed by atoms with Crippen molar-refractivity contribution in [2.45, 2.75) is 18.9 Å². The van der Waals surface area contributed by atoms with Crippen molar-refractivity contribution in [3.05, 3.63) is 0 Å². The van der Waals surface area contributed by atoms with Crippen LogP contribution in [0, 0.1) is 5.92 Å². The monoisotopic (exact) mass is 276 g/mol. The van der Waals surface area contributed by atoms with Crippen molar-refractivity contribution in [1.82, 2.24) is 10.2 Å². The van der Waals surface area contributed by atoms with Gasteiger partial charge < -0.3 is 15.0 Å². The van der Waals surface area contributed by atoms with E-state index < -0.39 is 9.84 Å². The van der Waals surface area contributed by atoms with E-state index in [4.69, 9.17) is 4.74 Å². The first-order valence-electron chi connectivity index (χ1n) is 6.74. The lowest BCUT2D eigenvalue weighted by atomic mass is 10.1. The maximum absolute atomic E-state index is 11.3. The molecule has 2 atom stereocenters. The zero-order valence-electron chi connectivity index (χ0n) is 11.1. The molecule has 0 aliphatic carbocycles. The van der Waals surface area contributed by atoms with Gasteiger partial charge in [-0.05, 0) is 25.3 Å². The Morgan fingerprint density at radius 3 is 2.89 bits per heavy atom. The zero-order valence-corrected chi connectivity index (χ0v) is 11.9. The molecule has 0 radical (unpaired) electrons. The molecule has 2 saturated heterocycles. The minimum absolute atomic E-state index is 0.173. The average molecular weight is 276 g/mol. The minimum Gasteiger partial charge on any atom is -0.384 e. The Morgan fingerprint density at radius 1 is 1.39 bits per heavy atom. The van der Waals surface area contributed by atoms with Crippen LogP contribution in [0.2, 0.25) is 0 Å². The summed E-state index contributed by atoms with van der Waals surface area (Å²) in [6, 6.07) is 0.173. The van der Waals surface area contributed by atoms with Gasteiger partial charge in [0.05, 0.1) is 18.1 Å². The maximum atomic E-state index is 11.3. The van der Waals surface area contributed by atoms with E-state index in [0.29, 0.717) is 17.4 Å². The number of sulfone groups is 1. The summed E-state index contributed by atoms with van der Waals surface area (Å²) in [5, 5.41) is 3.36. The fraction of sp³-hybridized carbons (Fsp3) is 1.00. The van der Waals surface area contributed by atoms with Gasteiger partial charge in [-0.15, -0.1) is 0 Å². The van der Waals surface area contributed by atoms with Gasteiger partial charge in [0, 0.05) is 32.8 Å². The second kappa shape index (κ2) is 6.32. The van der Waals surface area contributed by atoms with Crippen LogP contribution in [0.25, 0.3) is 0 Å². The van der Waals surface area contributed by atoms with Gasteiger partial charge in [0.1, 0.15) is 0 Å². The summed E-state index contributed by atoms with van der Waals surface area (Å²) in [6.45, 7) is 5.00. The molecule has 0 saturated carbocycles. The largest absolute Gasteiger partial charge is 0.384 e. The van der Waals surface area contributed by atoms with E-state index >= 15 is 0 Å². The lowest BCUT2D eigenvalue weighted by molar-refractivity contribution is 0.153. The van der Waals surface area contributed by atoms with E-state index in [-0.39, 0.29) is 6.04 Å². The van der Waals surface area contributed by atoms with E-state index in [2.05, 4.69) is 10.2 Å². The van der Waals surface area contributed by atoms with Crippen LogP contribution in [0.5, 0.6) is 0 Å². The molecular formula is C12H24N2O3S. The normalized spacial score (nSPS) is 32.1. The summed E-state index contributed by atoms with van der Waals surface area (Å²) in [5.74, 6) is 1.34. The standard InChI is InChI=1S/C12H24N2O3S/c1-17-9-11-2-5-14(8-11)6-4-13-12-3-7-18(15,16)10-12/h11-13H,2-10H2,1H3. The summed E-state index contributed by atoms with van der Waals surface area (Å²) >= 11 is 0. The molecule has 0 aromatic heterocycles. The van der Waals surface area contributed by atoms with Crippen LogP contribution in [0.15, 0.2) is 0 Å². The van der Waals surface area contributed by atoms with Crippen molar-refractivity contribution in [3.63, 3.8) is 0 Å². The third-order valence-corrected chi connectivity index (χ3v) is 5.63. The summed E-state index contributed by atoms with van der Waals surface area (Å²) in [7, 11) is -0.999. The molecule has 0 aromatic rings. The molecule has 1 N–H and O–H groups in total. The molecule has 0 bridgehead atoms. The maximum Gasteiger partial charge on any atom is 0.151 e. The van der Waals surface area contributed by atoms with Crippen LogP contribution >= 0.6 is 0 Å². The molecule has 2 heterocycles. The van der Waals surface area contributed by atoms with Crippen molar-refractivity contribution < 1.29 is 13.2 Å². The lowest BCUT2D eigenvalue weighted by Gasteiger charge is -2.18. The number of hydrogen-bond acceptors (Lipinski definition) is 5. The van der Waals surface area contributed by atoms with Gasteiger partial charge in [-0.2, -0.15) is 0 Å². The predicted octanol–water partition coefficient (Wildman–Crippen LogP) is -0.269. The lowest BCUT2D eigenvalue weighted by Crippen LogP contribution is -2.37. The molecule has 6 heteroatoms. The van der Waals surface area contributed by atoms with E-state index in [9.17, 15) is 8.42 Å². The molecule has 2 fully saturated rings. The van der Waals surface area contributed by atoms with Crippen LogP contribution in [0.3, 0.4) is 0 Å². The number of methoxy groups -OCH3 is 1. The number of rotatable bonds is 6. The molecule has 2 rings (SSSR count). The second-order valence-corrected chi connectivity index (χ2v) is 7.69. The highest BCUT2D eigenvalue weighted by molar-refractivity contribution is 7.91. The number of hydrogen-bond donors (Lipinski definition) is 1. The Hall–Kier alpha value is -0.170. The van der Waals surface area contributed by atoms with Crippen molar-refractivity contribution in [1.29, 1.82) is 0 Å². The molecular weight excluding hydrogens is 252 g/mol. The Balaban J connectivity index is 1.59. The molecule has 0 spiro atoms. The fourth-order valence-corrected chi connectivity index (χ4v) is 4.58. The third kappa shape index (κ3) is 4.19. The van der Waals surface area contributed by atoms with Crippen molar-refractivity contribution >= 4 is 9.84 Å². The zero-order chi connectivity index (χ0) is 13.0. The van der Waals surface area contributed by atoms with Crippen molar-refractivity contribution in [3.8, 4) is 0 Å². The van der Waals surface area contributed by atoms with Gasteiger partial charge in [-0.3, -0.25) is 0 Å². The minimum atomic E-state index is -2.75. The quantitative estimate of drug-likeness (QED) is 0.724. The summed E-state index contributed by atoms with van der Waals surface area (Å²) < 4.78 is 27.8. The van der Waals surface area contributed by atoms with Crippen molar-refractivity contribution in [2.24, 2.45) is 5.92 Å². The number of nitrogens with one attached hydrogen (secondary N) is 1. The highest BCUT2D eigenvalue weighted by Crippen LogP contribution is 2.16. The van der Waals surface area contributed by atoms with Crippen LogP contribution < -0.4 is 5.32 Å².